The summed E-state index contributed by atoms with van der Waals surface area (Å²) in [7, 11) is 1.76. The largest absolute Gasteiger partial charge is 0.475 e. The molecule has 0 spiro atoms. The second-order valence-corrected chi connectivity index (χ2v) is 6.59. The average molecular weight is 364 g/mol. The molecule has 0 saturated carbocycles. The molecule has 2 N–H and O–H groups in total. The highest BCUT2D eigenvalue weighted by atomic mass is 16.5. The van der Waals surface area contributed by atoms with Crippen LogP contribution in [0.2, 0.25) is 0 Å². The van der Waals surface area contributed by atoms with Crippen molar-refractivity contribution < 1.29 is 14.2 Å². The molecule has 26 heavy (non-hydrogen) atoms. The SMILES string of the molecule is CN=C(NCCCOCC1CCCO1)NCc1ccc(OC(C)C)nc1. The molecule has 0 bridgehead atoms. The van der Waals surface area contributed by atoms with Crippen molar-refractivity contribution >= 4 is 5.96 Å². The predicted molar refractivity (Wildman–Crippen MR) is 103 cm³/mol. The molecule has 0 aliphatic carbocycles. The van der Waals surface area contributed by atoms with Crippen molar-refractivity contribution in [2.24, 2.45) is 4.99 Å². The number of hydrogen-bond donors (Lipinski definition) is 2. The summed E-state index contributed by atoms with van der Waals surface area (Å²) >= 11 is 0. The molecule has 0 aromatic carbocycles. The van der Waals surface area contributed by atoms with Gasteiger partial charge in [0, 0.05) is 45.6 Å². The molecule has 146 valence electrons. The molecule has 0 radical (unpaired) electrons. The van der Waals surface area contributed by atoms with Gasteiger partial charge in [0.05, 0.1) is 18.8 Å². The number of ether oxygens (including phenoxy) is 3. The van der Waals surface area contributed by atoms with Crippen molar-refractivity contribution in [2.45, 2.75) is 51.9 Å². The molecule has 7 nitrogen and oxygen atoms in total. The molecule has 1 unspecified atom stereocenters. The van der Waals surface area contributed by atoms with E-state index in [0.717, 1.165) is 50.5 Å². The van der Waals surface area contributed by atoms with Gasteiger partial charge in [0.25, 0.3) is 0 Å². The lowest BCUT2D eigenvalue weighted by Crippen LogP contribution is -2.37. The number of aliphatic imine (C=N–C) groups is 1. The maximum atomic E-state index is 5.66. The second kappa shape index (κ2) is 11.7. The van der Waals surface area contributed by atoms with Crippen LogP contribution in [0.1, 0.15) is 38.7 Å². The highest BCUT2D eigenvalue weighted by Gasteiger charge is 2.14. The number of aromatic nitrogens is 1. The van der Waals surface area contributed by atoms with E-state index in [1.807, 2.05) is 32.2 Å². The fourth-order valence-corrected chi connectivity index (χ4v) is 2.60. The predicted octanol–water partition coefficient (Wildman–Crippen LogP) is 2.12. The Kier molecular flexibility index (Phi) is 9.20. The maximum Gasteiger partial charge on any atom is 0.213 e. The van der Waals surface area contributed by atoms with Gasteiger partial charge in [-0.3, -0.25) is 4.99 Å². The quantitative estimate of drug-likeness (QED) is 0.376. The van der Waals surface area contributed by atoms with Crippen LogP contribution in [0.3, 0.4) is 0 Å². The first-order valence-electron chi connectivity index (χ1n) is 9.43. The Bertz CT molecular complexity index is 528. The topological polar surface area (TPSA) is 77.0 Å². The Balaban J connectivity index is 1.57. The van der Waals surface area contributed by atoms with E-state index in [4.69, 9.17) is 14.2 Å². The molecule has 7 heteroatoms. The molecule has 2 rings (SSSR count). The zero-order valence-electron chi connectivity index (χ0n) is 16.2. The smallest absolute Gasteiger partial charge is 0.213 e. The van der Waals surface area contributed by atoms with Crippen LogP contribution in [-0.4, -0.2) is 56.6 Å². The zero-order chi connectivity index (χ0) is 18.6. The summed E-state index contributed by atoms with van der Waals surface area (Å²) in [6.45, 7) is 7.75. The van der Waals surface area contributed by atoms with E-state index in [0.29, 0.717) is 25.1 Å². The molecule has 1 aromatic rings. The summed E-state index contributed by atoms with van der Waals surface area (Å²) in [5.74, 6) is 1.42. The number of pyridine rings is 1. The third kappa shape index (κ3) is 8.01. The Labute approximate surface area is 156 Å². The molecule has 1 aliphatic heterocycles. The summed E-state index contributed by atoms with van der Waals surface area (Å²) in [6.07, 6.45) is 5.44. The van der Waals surface area contributed by atoms with E-state index in [-0.39, 0.29) is 6.10 Å². The van der Waals surface area contributed by atoms with Crippen molar-refractivity contribution in [3.8, 4) is 5.88 Å². The van der Waals surface area contributed by atoms with Crippen LogP contribution in [0.15, 0.2) is 23.3 Å². The first-order chi connectivity index (χ1) is 12.7. The lowest BCUT2D eigenvalue weighted by atomic mass is 10.2. The normalized spacial score (nSPS) is 17.5. The van der Waals surface area contributed by atoms with Crippen LogP contribution in [0.4, 0.5) is 0 Å². The van der Waals surface area contributed by atoms with Crippen molar-refractivity contribution in [1.82, 2.24) is 15.6 Å². The fourth-order valence-electron chi connectivity index (χ4n) is 2.60. The van der Waals surface area contributed by atoms with Crippen LogP contribution in [0, 0.1) is 0 Å². The van der Waals surface area contributed by atoms with E-state index >= 15 is 0 Å². The van der Waals surface area contributed by atoms with Gasteiger partial charge in [0.1, 0.15) is 0 Å². The fraction of sp³-hybridized carbons (Fsp3) is 0.684. The standard InChI is InChI=1S/C19H32N4O3/c1-15(2)26-18-8-7-16(12-22-18)13-23-19(20-3)21-9-5-10-24-14-17-6-4-11-25-17/h7-8,12,15,17H,4-6,9-11,13-14H2,1-3H3,(H2,20,21,23). The lowest BCUT2D eigenvalue weighted by Gasteiger charge is -2.13. The van der Waals surface area contributed by atoms with E-state index in [1.54, 1.807) is 7.05 Å². The third-order valence-electron chi connectivity index (χ3n) is 3.92. The van der Waals surface area contributed by atoms with E-state index in [2.05, 4.69) is 20.6 Å². The molecule has 2 heterocycles. The molecule has 1 atom stereocenters. The maximum absolute atomic E-state index is 5.66. The first kappa shape index (κ1) is 20.5. The Morgan fingerprint density at radius 2 is 2.27 bits per heavy atom. The minimum Gasteiger partial charge on any atom is -0.475 e. The second-order valence-electron chi connectivity index (χ2n) is 6.59. The molecular weight excluding hydrogens is 332 g/mol. The number of rotatable bonds is 10. The monoisotopic (exact) mass is 364 g/mol. The lowest BCUT2D eigenvalue weighted by molar-refractivity contribution is 0.0168. The molecule has 0 amide bonds. The minimum absolute atomic E-state index is 0.129. The van der Waals surface area contributed by atoms with Gasteiger partial charge in [-0.2, -0.15) is 0 Å². The van der Waals surface area contributed by atoms with E-state index < -0.39 is 0 Å². The summed E-state index contributed by atoms with van der Waals surface area (Å²) in [5, 5.41) is 6.57. The molecule has 1 aromatic heterocycles. The first-order valence-corrected chi connectivity index (χ1v) is 9.43. The zero-order valence-corrected chi connectivity index (χ0v) is 16.2. The minimum atomic E-state index is 0.129. The molecule has 1 saturated heterocycles. The van der Waals surface area contributed by atoms with Gasteiger partial charge in [0.15, 0.2) is 5.96 Å². The average Bonchev–Trinajstić information content (AvgIpc) is 3.14. The summed E-state index contributed by atoms with van der Waals surface area (Å²) < 4.78 is 16.7. The number of hydrogen-bond acceptors (Lipinski definition) is 5. The molecule has 1 aliphatic rings. The highest BCUT2D eigenvalue weighted by molar-refractivity contribution is 5.79. The Hall–Kier alpha value is -1.86. The van der Waals surface area contributed by atoms with Crippen molar-refractivity contribution in [2.75, 3.05) is 33.4 Å². The van der Waals surface area contributed by atoms with Gasteiger partial charge in [0.2, 0.25) is 5.88 Å². The van der Waals surface area contributed by atoms with E-state index in [1.165, 1.54) is 0 Å². The van der Waals surface area contributed by atoms with Crippen molar-refractivity contribution in [3.63, 3.8) is 0 Å². The van der Waals surface area contributed by atoms with Gasteiger partial charge in [-0.15, -0.1) is 0 Å². The van der Waals surface area contributed by atoms with Gasteiger partial charge in [-0.05, 0) is 38.7 Å². The number of guanidine groups is 1. The Morgan fingerprint density at radius 3 is 2.92 bits per heavy atom. The Morgan fingerprint density at radius 1 is 1.38 bits per heavy atom. The summed E-state index contributed by atoms with van der Waals surface area (Å²) in [5.41, 5.74) is 1.07. The number of nitrogens with one attached hydrogen (secondary N) is 2. The molecular formula is C19H32N4O3. The van der Waals surface area contributed by atoms with Crippen LogP contribution >= 0.6 is 0 Å². The van der Waals surface area contributed by atoms with Crippen molar-refractivity contribution in [1.29, 1.82) is 0 Å². The van der Waals surface area contributed by atoms with Crippen LogP contribution in [0.25, 0.3) is 0 Å². The van der Waals surface area contributed by atoms with Gasteiger partial charge in [-0.1, -0.05) is 6.07 Å². The van der Waals surface area contributed by atoms with Crippen LogP contribution < -0.4 is 15.4 Å². The van der Waals surface area contributed by atoms with Crippen LogP contribution in [0.5, 0.6) is 5.88 Å². The van der Waals surface area contributed by atoms with E-state index in [9.17, 15) is 0 Å². The highest BCUT2D eigenvalue weighted by Crippen LogP contribution is 2.12. The number of nitrogens with zero attached hydrogens (tertiary/aromatic N) is 2. The van der Waals surface area contributed by atoms with Gasteiger partial charge < -0.3 is 24.8 Å². The summed E-state index contributed by atoms with van der Waals surface area (Å²) in [4.78, 5) is 8.53. The van der Waals surface area contributed by atoms with Gasteiger partial charge >= 0.3 is 0 Å². The summed E-state index contributed by atoms with van der Waals surface area (Å²) in [6, 6.07) is 3.89. The van der Waals surface area contributed by atoms with Crippen LogP contribution in [-0.2, 0) is 16.0 Å². The molecule has 1 fully saturated rings. The van der Waals surface area contributed by atoms with Crippen molar-refractivity contribution in [3.05, 3.63) is 23.9 Å². The third-order valence-corrected chi connectivity index (χ3v) is 3.92. The van der Waals surface area contributed by atoms with Gasteiger partial charge in [-0.25, -0.2) is 4.98 Å².